The van der Waals surface area contributed by atoms with Gasteiger partial charge in [-0.15, -0.1) is 0 Å². The van der Waals surface area contributed by atoms with Gasteiger partial charge in [-0.05, 0) is 51.3 Å². The highest BCUT2D eigenvalue weighted by Crippen LogP contribution is 2.20. The Kier molecular flexibility index (Phi) is 4.90. The van der Waals surface area contributed by atoms with Gasteiger partial charge in [0.25, 0.3) is 11.2 Å². The van der Waals surface area contributed by atoms with E-state index < -0.39 is 10.8 Å². The van der Waals surface area contributed by atoms with Gasteiger partial charge in [-0.3, -0.25) is 24.3 Å². The van der Waals surface area contributed by atoms with Gasteiger partial charge < -0.3 is 5.32 Å². The summed E-state index contributed by atoms with van der Waals surface area (Å²) in [5.74, 6) is -0.126. The molecule has 1 aliphatic rings. The Morgan fingerprint density at radius 2 is 1.97 bits per heavy atom. The summed E-state index contributed by atoms with van der Waals surface area (Å²) >= 11 is 0. The molecule has 10 heteroatoms. The zero-order valence-corrected chi connectivity index (χ0v) is 16.6. The van der Waals surface area contributed by atoms with E-state index in [1.54, 1.807) is 4.68 Å². The van der Waals surface area contributed by atoms with E-state index in [4.69, 9.17) is 0 Å². The van der Waals surface area contributed by atoms with Crippen molar-refractivity contribution in [3.8, 4) is 5.95 Å². The second-order valence-electron chi connectivity index (χ2n) is 7.27. The van der Waals surface area contributed by atoms with E-state index in [1.165, 1.54) is 28.8 Å². The Labute approximate surface area is 171 Å². The predicted molar refractivity (Wildman–Crippen MR) is 109 cm³/mol. The number of nitrogens with one attached hydrogen (secondary N) is 1. The maximum atomic E-state index is 13.1. The Hall–Kier alpha value is -3.82. The largest absolute Gasteiger partial charge is 0.325 e. The van der Waals surface area contributed by atoms with E-state index in [0.29, 0.717) is 23.6 Å². The number of aromatic nitrogens is 4. The first-order chi connectivity index (χ1) is 14.3. The van der Waals surface area contributed by atoms with E-state index in [9.17, 15) is 19.7 Å². The molecule has 0 saturated carbocycles. The Bertz CT molecular complexity index is 1210. The quantitative estimate of drug-likeness (QED) is 0.509. The first kappa shape index (κ1) is 19.5. The molecule has 0 bridgehead atoms. The lowest BCUT2D eigenvalue weighted by atomic mass is 10.2. The topological polar surface area (TPSA) is 125 Å². The van der Waals surface area contributed by atoms with Gasteiger partial charge in [0, 0.05) is 29.1 Å². The smallest absolute Gasteiger partial charge is 0.269 e. The van der Waals surface area contributed by atoms with Crippen LogP contribution in [0, 0.1) is 24.0 Å². The number of carbonyl (C=O) groups is 1. The van der Waals surface area contributed by atoms with Gasteiger partial charge >= 0.3 is 0 Å². The molecule has 0 aliphatic heterocycles. The van der Waals surface area contributed by atoms with Crippen molar-refractivity contribution in [3.05, 3.63) is 73.4 Å². The zero-order valence-electron chi connectivity index (χ0n) is 16.6. The molecule has 0 atom stereocenters. The van der Waals surface area contributed by atoms with E-state index in [1.807, 2.05) is 19.9 Å². The zero-order chi connectivity index (χ0) is 21.4. The average Bonchev–Trinajstić information content (AvgIpc) is 3.30. The van der Waals surface area contributed by atoms with Crippen molar-refractivity contribution in [2.45, 2.75) is 39.7 Å². The summed E-state index contributed by atoms with van der Waals surface area (Å²) in [6.07, 6.45) is 2.22. The summed E-state index contributed by atoms with van der Waals surface area (Å²) in [6, 6.07) is 7.38. The summed E-state index contributed by atoms with van der Waals surface area (Å²) in [7, 11) is 0. The fraction of sp³-hybridized carbons (Fsp3) is 0.300. The summed E-state index contributed by atoms with van der Waals surface area (Å²) in [4.78, 5) is 40.7. The summed E-state index contributed by atoms with van der Waals surface area (Å²) in [5, 5.41) is 17.9. The second kappa shape index (κ2) is 7.54. The number of carbonyl (C=O) groups excluding carboxylic acids is 1. The van der Waals surface area contributed by atoms with Crippen LogP contribution in [0.3, 0.4) is 0 Å². The number of nitro groups is 1. The standard InChI is InChI=1S/C20H20N6O4/c1-12-10-13(2)25(23-12)20-22-17-5-3-4-16(17)19(28)24(20)11-18(27)21-14-6-8-15(9-7-14)26(29)30/h6-10H,3-5,11H2,1-2H3,(H,21,27). The third-order valence-electron chi connectivity index (χ3n) is 5.03. The molecule has 154 valence electrons. The first-order valence-corrected chi connectivity index (χ1v) is 9.54. The minimum atomic E-state index is -0.512. The summed E-state index contributed by atoms with van der Waals surface area (Å²) < 4.78 is 2.92. The molecular weight excluding hydrogens is 388 g/mol. The molecule has 0 spiro atoms. The second-order valence-corrected chi connectivity index (χ2v) is 7.27. The Balaban J connectivity index is 1.67. The molecule has 1 aromatic carbocycles. The van der Waals surface area contributed by atoms with Gasteiger partial charge in [-0.2, -0.15) is 5.10 Å². The van der Waals surface area contributed by atoms with Gasteiger partial charge in [0.05, 0.1) is 16.3 Å². The predicted octanol–water partition coefficient (Wildman–Crippen LogP) is 2.08. The molecule has 3 aromatic rings. The number of amides is 1. The number of nitrogens with zero attached hydrogens (tertiary/aromatic N) is 5. The highest BCUT2D eigenvalue weighted by molar-refractivity contribution is 5.90. The minimum Gasteiger partial charge on any atom is -0.325 e. The molecule has 0 unspecified atom stereocenters. The molecule has 0 saturated heterocycles. The van der Waals surface area contributed by atoms with Crippen molar-refractivity contribution in [2.75, 3.05) is 5.32 Å². The van der Waals surface area contributed by atoms with Crippen molar-refractivity contribution in [1.82, 2.24) is 19.3 Å². The molecule has 1 amide bonds. The Morgan fingerprint density at radius 3 is 2.60 bits per heavy atom. The number of hydrogen-bond donors (Lipinski definition) is 1. The van der Waals surface area contributed by atoms with Crippen LogP contribution in [0.5, 0.6) is 0 Å². The molecule has 1 aliphatic carbocycles. The van der Waals surface area contributed by atoms with Crippen LogP contribution in [-0.4, -0.2) is 30.2 Å². The van der Waals surface area contributed by atoms with Crippen molar-refractivity contribution in [2.24, 2.45) is 0 Å². The van der Waals surface area contributed by atoms with E-state index in [0.717, 1.165) is 29.9 Å². The molecule has 4 rings (SSSR count). The number of aryl methyl sites for hydroxylation is 3. The Morgan fingerprint density at radius 1 is 1.23 bits per heavy atom. The maximum absolute atomic E-state index is 13.1. The third-order valence-corrected chi connectivity index (χ3v) is 5.03. The number of nitro benzene ring substituents is 1. The lowest BCUT2D eigenvalue weighted by molar-refractivity contribution is -0.384. The third kappa shape index (κ3) is 3.59. The molecule has 30 heavy (non-hydrogen) atoms. The van der Waals surface area contributed by atoms with Gasteiger partial charge in [0.15, 0.2) is 0 Å². The van der Waals surface area contributed by atoms with Crippen LogP contribution in [0.25, 0.3) is 5.95 Å². The highest BCUT2D eigenvalue weighted by atomic mass is 16.6. The molecular formula is C20H20N6O4. The van der Waals surface area contributed by atoms with Crippen LogP contribution in [-0.2, 0) is 24.2 Å². The lowest BCUT2D eigenvalue weighted by Crippen LogP contribution is -2.34. The number of hydrogen-bond acceptors (Lipinski definition) is 6. The number of anilines is 1. The SMILES string of the molecule is Cc1cc(C)n(-c2nc3c(c(=O)n2CC(=O)Nc2ccc([N+](=O)[O-])cc2)CCC3)n1. The number of non-ortho nitro benzene ring substituents is 1. The van der Waals surface area contributed by atoms with E-state index >= 15 is 0 Å². The normalized spacial score (nSPS) is 12.6. The van der Waals surface area contributed by atoms with Gasteiger partial charge in [0.2, 0.25) is 11.9 Å². The maximum Gasteiger partial charge on any atom is 0.269 e. The van der Waals surface area contributed by atoms with Crippen LogP contribution in [0.1, 0.15) is 29.1 Å². The number of fused-ring (bicyclic) bond motifs is 1. The van der Waals surface area contributed by atoms with Crippen LogP contribution in [0.4, 0.5) is 11.4 Å². The monoisotopic (exact) mass is 408 g/mol. The number of rotatable bonds is 5. The van der Waals surface area contributed by atoms with Gasteiger partial charge in [0.1, 0.15) is 6.54 Å². The van der Waals surface area contributed by atoms with E-state index in [2.05, 4.69) is 15.4 Å². The molecule has 2 heterocycles. The first-order valence-electron chi connectivity index (χ1n) is 9.54. The van der Waals surface area contributed by atoms with Crippen LogP contribution >= 0.6 is 0 Å². The van der Waals surface area contributed by atoms with Crippen molar-refractivity contribution >= 4 is 17.3 Å². The van der Waals surface area contributed by atoms with Crippen LogP contribution in [0.15, 0.2) is 35.1 Å². The lowest BCUT2D eigenvalue weighted by Gasteiger charge is -2.15. The summed E-state index contributed by atoms with van der Waals surface area (Å²) in [5.41, 5.74) is 3.09. The van der Waals surface area contributed by atoms with Gasteiger partial charge in [-0.25, -0.2) is 9.67 Å². The molecule has 2 aromatic heterocycles. The van der Waals surface area contributed by atoms with Crippen molar-refractivity contribution < 1.29 is 9.72 Å². The van der Waals surface area contributed by atoms with Crippen LogP contribution < -0.4 is 10.9 Å². The fourth-order valence-electron chi connectivity index (χ4n) is 3.66. The summed E-state index contributed by atoms with van der Waals surface area (Å²) in [6.45, 7) is 3.46. The fourth-order valence-corrected chi connectivity index (χ4v) is 3.66. The average molecular weight is 408 g/mol. The highest BCUT2D eigenvalue weighted by Gasteiger charge is 2.24. The number of benzene rings is 1. The molecule has 1 N–H and O–H groups in total. The molecule has 0 radical (unpaired) electrons. The molecule has 0 fully saturated rings. The molecule has 10 nitrogen and oxygen atoms in total. The minimum absolute atomic E-state index is 0.0705. The van der Waals surface area contributed by atoms with Crippen molar-refractivity contribution in [3.63, 3.8) is 0 Å². The van der Waals surface area contributed by atoms with Crippen molar-refractivity contribution in [1.29, 1.82) is 0 Å². The van der Waals surface area contributed by atoms with Gasteiger partial charge in [-0.1, -0.05) is 0 Å². The van der Waals surface area contributed by atoms with E-state index in [-0.39, 0.29) is 17.8 Å². The van der Waals surface area contributed by atoms with Crippen LogP contribution in [0.2, 0.25) is 0 Å².